The molecule has 2 rings (SSSR count). The highest BCUT2D eigenvalue weighted by atomic mass is 79.9. The molecule has 0 aliphatic carbocycles. The summed E-state index contributed by atoms with van der Waals surface area (Å²) in [7, 11) is 3.08. The van der Waals surface area contributed by atoms with Gasteiger partial charge >= 0.3 is 0 Å². The lowest BCUT2D eigenvalue weighted by Crippen LogP contribution is -2.21. The molecule has 0 spiro atoms. The third-order valence-corrected chi connectivity index (χ3v) is 3.84. The molecule has 1 unspecified atom stereocenters. The Hall–Kier alpha value is -2.54. The van der Waals surface area contributed by atoms with Crippen LogP contribution in [0.15, 0.2) is 42.5 Å². The van der Waals surface area contributed by atoms with Crippen molar-refractivity contribution in [2.75, 3.05) is 24.9 Å². The van der Waals surface area contributed by atoms with Crippen molar-refractivity contribution in [3.63, 3.8) is 0 Å². The van der Waals surface area contributed by atoms with E-state index in [1.807, 2.05) is 0 Å². The molecular weight excluding hydrogens is 388 g/mol. The van der Waals surface area contributed by atoms with E-state index in [4.69, 9.17) is 9.47 Å². The van der Waals surface area contributed by atoms with Gasteiger partial charge in [0.15, 0.2) is 0 Å². The summed E-state index contributed by atoms with van der Waals surface area (Å²) in [5.74, 6) is 0.653. The zero-order chi connectivity index (χ0) is 18.4. The van der Waals surface area contributed by atoms with Crippen LogP contribution < -0.4 is 20.1 Å². The number of hydrogen-bond donors (Lipinski definition) is 2. The molecule has 7 heteroatoms. The van der Waals surface area contributed by atoms with Crippen LogP contribution in [0.3, 0.4) is 0 Å². The van der Waals surface area contributed by atoms with Crippen molar-refractivity contribution >= 4 is 39.1 Å². The standard InChI is InChI=1S/C18H19BrN2O4/c1-11(19)17(22)21-15-10-12(4-9-16(15)25-3)18(23)20-13-5-7-14(24-2)8-6-13/h4-11H,1-3H3,(H,20,23)(H,21,22). The van der Waals surface area contributed by atoms with Crippen molar-refractivity contribution in [3.8, 4) is 11.5 Å². The van der Waals surface area contributed by atoms with Crippen molar-refractivity contribution in [2.24, 2.45) is 0 Å². The van der Waals surface area contributed by atoms with Gasteiger partial charge < -0.3 is 20.1 Å². The molecule has 0 bridgehead atoms. The van der Waals surface area contributed by atoms with Gasteiger partial charge in [-0.1, -0.05) is 15.9 Å². The topological polar surface area (TPSA) is 76.7 Å². The number of carbonyl (C=O) groups excluding carboxylic acids is 2. The van der Waals surface area contributed by atoms with Crippen LogP contribution in [-0.4, -0.2) is 30.9 Å². The zero-order valence-electron chi connectivity index (χ0n) is 14.1. The minimum Gasteiger partial charge on any atom is -0.497 e. The van der Waals surface area contributed by atoms with E-state index in [-0.39, 0.29) is 16.6 Å². The number of halogens is 1. The van der Waals surface area contributed by atoms with Crippen LogP contribution in [-0.2, 0) is 4.79 Å². The first-order valence-electron chi connectivity index (χ1n) is 7.53. The summed E-state index contributed by atoms with van der Waals surface area (Å²) >= 11 is 3.20. The molecule has 0 saturated heterocycles. The van der Waals surface area contributed by atoms with Gasteiger partial charge in [0.05, 0.1) is 24.7 Å². The van der Waals surface area contributed by atoms with Gasteiger partial charge in [-0.2, -0.15) is 0 Å². The maximum absolute atomic E-state index is 12.4. The number of amides is 2. The van der Waals surface area contributed by atoms with Gasteiger partial charge in [-0.25, -0.2) is 0 Å². The Morgan fingerprint density at radius 2 is 1.68 bits per heavy atom. The highest BCUT2D eigenvalue weighted by Crippen LogP contribution is 2.26. The molecule has 2 N–H and O–H groups in total. The molecule has 2 amide bonds. The Balaban J connectivity index is 2.19. The average Bonchev–Trinajstić information content (AvgIpc) is 2.62. The minimum atomic E-state index is -0.367. The van der Waals surface area contributed by atoms with Crippen LogP contribution in [0.5, 0.6) is 11.5 Å². The third kappa shape index (κ3) is 4.96. The number of hydrogen-bond acceptors (Lipinski definition) is 4. The van der Waals surface area contributed by atoms with Crippen LogP contribution in [0.2, 0.25) is 0 Å². The first kappa shape index (κ1) is 18.8. The molecule has 0 aliphatic heterocycles. The summed E-state index contributed by atoms with van der Waals surface area (Å²) < 4.78 is 10.3. The Morgan fingerprint density at radius 1 is 1.00 bits per heavy atom. The molecule has 0 aromatic heterocycles. The molecule has 25 heavy (non-hydrogen) atoms. The smallest absolute Gasteiger partial charge is 0.255 e. The normalized spacial score (nSPS) is 11.4. The number of ether oxygens (including phenoxy) is 2. The summed E-state index contributed by atoms with van der Waals surface area (Å²) in [5, 5.41) is 5.52. The van der Waals surface area contributed by atoms with Crippen LogP contribution in [0.25, 0.3) is 0 Å². The first-order chi connectivity index (χ1) is 11.9. The van der Waals surface area contributed by atoms with Crippen molar-refractivity contribution < 1.29 is 19.1 Å². The summed E-state index contributed by atoms with van der Waals surface area (Å²) in [5.41, 5.74) is 1.47. The van der Waals surface area contributed by atoms with Crippen molar-refractivity contribution in [1.29, 1.82) is 0 Å². The van der Waals surface area contributed by atoms with E-state index in [1.54, 1.807) is 56.5 Å². The second-order valence-electron chi connectivity index (χ2n) is 5.20. The van der Waals surface area contributed by atoms with E-state index in [0.29, 0.717) is 28.4 Å². The predicted octanol–water partition coefficient (Wildman–Crippen LogP) is 3.68. The molecular formula is C18H19BrN2O4. The van der Waals surface area contributed by atoms with Gasteiger partial charge in [0.2, 0.25) is 5.91 Å². The number of nitrogens with one attached hydrogen (secondary N) is 2. The molecule has 2 aromatic rings. The Labute approximate surface area is 154 Å². The van der Waals surface area contributed by atoms with Crippen molar-refractivity contribution in [1.82, 2.24) is 0 Å². The van der Waals surface area contributed by atoms with Crippen LogP contribution in [0.4, 0.5) is 11.4 Å². The highest BCUT2D eigenvalue weighted by Gasteiger charge is 2.15. The molecule has 1 atom stereocenters. The van der Waals surface area contributed by atoms with Crippen molar-refractivity contribution in [2.45, 2.75) is 11.8 Å². The predicted molar refractivity (Wildman–Crippen MR) is 101 cm³/mol. The van der Waals surface area contributed by atoms with Crippen molar-refractivity contribution in [3.05, 3.63) is 48.0 Å². The monoisotopic (exact) mass is 406 g/mol. The van der Waals surface area contributed by atoms with Gasteiger partial charge in [-0.15, -0.1) is 0 Å². The van der Waals surface area contributed by atoms with Crippen LogP contribution in [0.1, 0.15) is 17.3 Å². The van der Waals surface area contributed by atoms with Gasteiger partial charge in [0.1, 0.15) is 11.5 Å². The van der Waals surface area contributed by atoms with Gasteiger partial charge in [0.25, 0.3) is 5.91 Å². The number of methoxy groups -OCH3 is 2. The van der Waals surface area contributed by atoms with E-state index < -0.39 is 0 Å². The van der Waals surface area contributed by atoms with Gasteiger partial charge in [0, 0.05) is 11.3 Å². The molecule has 0 radical (unpaired) electrons. The average molecular weight is 407 g/mol. The fraction of sp³-hybridized carbons (Fsp3) is 0.222. The molecule has 0 fully saturated rings. The van der Waals surface area contributed by atoms with Gasteiger partial charge in [-0.05, 0) is 49.4 Å². The van der Waals surface area contributed by atoms with Crippen LogP contribution >= 0.6 is 15.9 Å². The van der Waals surface area contributed by atoms with E-state index in [1.165, 1.54) is 7.11 Å². The lowest BCUT2D eigenvalue weighted by Gasteiger charge is -2.13. The molecule has 6 nitrogen and oxygen atoms in total. The second-order valence-corrected chi connectivity index (χ2v) is 6.58. The molecule has 2 aromatic carbocycles. The zero-order valence-corrected chi connectivity index (χ0v) is 15.7. The Kier molecular flexibility index (Phi) is 6.41. The second kappa shape index (κ2) is 8.53. The maximum Gasteiger partial charge on any atom is 0.255 e. The highest BCUT2D eigenvalue weighted by molar-refractivity contribution is 9.10. The summed E-state index contributed by atoms with van der Waals surface area (Å²) in [6, 6.07) is 11.8. The number of benzene rings is 2. The minimum absolute atomic E-state index is 0.231. The fourth-order valence-electron chi connectivity index (χ4n) is 2.06. The number of carbonyl (C=O) groups is 2. The summed E-state index contributed by atoms with van der Waals surface area (Å²) in [6.07, 6.45) is 0. The number of rotatable bonds is 6. The van der Waals surface area contributed by atoms with Gasteiger partial charge in [-0.3, -0.25) is 9.59 Å². The van der Waals surface area contributed by atoms with E-state index in [0.717, 1.165) is 0 Å². The summed E-state index contributed by atoms with van der Waals surface area (Å²) in [4.78, 5) is 24.0. The molecule has 132 valence electrons. The first-order valence-corrected chi connectivity index (χ1v) is 8.44. The molecule has 0 aliphatic rings. The Morgan fingerprint density at radius 3 is 2.24 bits per heavy atom. The summed E-state index contributed by atoms with van der Waals surface area (Å²) in [6.45, 7) is 1.71. The lowest BCUT2D eigenvalue weighted by atomic mass is 10.1. The third-order valence-electron chi connectivity index (χ3n) is 3.43. The number of alkyl halides is 1. The fourth-order valence-corrected chi connectivity index (χ4v) is 2.17. The molecule has 0 heterocycles. The van der Waals surface area contributed by atoms with Crippen LogP contribution in [0, 0.1) is 0 Å². The maximum atomic E-state index is 12.4. The number of anilines is 2. The largest absolute Gasteiger partial charge is 0.497 e. The quantitative estimate of drug-likeness (QED) is 0.717. The van der Waals surface area contributed by atoms with E-state index in [2.05, 4.69) is 26.6 Å². The lowest BCUT2D eigenvalue weighted by molar-refractivity contribution is -0.115. The van der Waals surface area contributed by atoms with E-state index in [9.17, 15) is 9.59 Å². The Bertz CT molecular complexity index is 760. The molecule has 0 saturated carbocycles. The SMILES string of the molecule is COc1ccc(NC(=O)c2ccc(OC)c(NC(=O)C(C)Br)c2)cc1. The van der Waals surface area contributed by atoms with E-state index >= 15 is 0 Å².